The zero-order chi connectivity index (χ0) is 113. The number of carbonyl (C=O) groups excluding carboxylic acids is 15. The Morgan fingerprint density at radius 3 is 0.581 bits per heavy atom. The largest absolute Gasteiger partial charge is 0.465 e. The molecular weight excluding hydrogens is 1990 g/mol. The van der Waals surface area contributed by atoms with Crippen LogP contribution in [0.25, 0.3) is 0 Å². The fraction of sp³-hybridized carbons (Fsp3) is 0.552. The Hall–Kier alpha value is -12.5. The Bertz CT molecular complexity index is 3700. The third-order valence-corrected chi connectivity index (χ3v) is 16.8. The van der Waals surface area contributed by atoms with Gasteiger partial charge in [0.25, 0.3) is 0 Å². The molecule has 0 rings (SSSR count). The molecule has 0 bridgehead atoms. The maximum absolute atomic E-state index is 11.3. The van der Waals surface area contributed by atoms with Crippen molar-refractivity contribution in [3.05, 3.63) is 177 Å². The van der Waals surface area contributed by atoms with Crippen molar-refractivity contribution in [3.8, 4) is 0 Å². The summed E-state index contributed by atoms with van der Waals surface area (Å²) in [6.07, 6.45) is 0.414. The summed E-state index contributed by atoms with van der Waals surface area (Å²) < 4.78 is 127. The lowest BCUT2D eigenvalue weighted by Crippen LogP contribution is -2.46. The summed E-state index contributed by atoms with van der Waals surface area (Å²) in [4.78, 5) is 166. The molecule has 52 heteroatoms. The molecule has 0 aromatic rings. The van der Waals surface area contributed by atoms with Crippen LogP contribution in [0.15, 0.2) is 177 Å². The van der Waals surface area contributed by atoms with Gasteiger partial charge in [0.1, 0.15) is 178 Å². The summed E-state index contributed by atoms with van der Waals surface area (Å²) >= 11 is 0. The van der Waals surface area contributed by atoms with Gasteiger partial charge in [0.2, 0.25) is 0 Å². The minimum Gasteiger partial charge on any atom is -0.465 e. The Balaban J connectivity index is -0.000000601. The van der Waals surface area contributed by atoms with Crippen LogP contribution in [0.2, 0.25) is 0 Å². The molecule has 0 fully saturated rings. The van der Waals surface area contributed by atoms with Gasteiger partial charge in [-0.3, -0.25) is 4.79 Å². The Morgan fingerprint density at radius 1 is 0.209 bits per heavy atom. The quantitative estimate of drug-likeness (QED) is 0.0161. The number of aliphatic hydroxyl groups is 12. The van der Waals surface area contributed by atoms with Crippen molar-refractivity contribution in [2.24, 2.45) is 10.8 Å². The van der Waals surface area contributed by atoms with Gasteiger partial charge in [0.05, 0.1) is 136 Å². The monoisotopic (exact) mass is 2130 g/mol. The number of esters is 15. The van der Waals surface area contributed by atoms with E-state index in [4.69, 9.17) is 105 Å². The lowest BCUT2D eigenvalue weighted by Gasteiger charge is -2.34. The summed E-state index contributed by atoms with van der Waals surface area (Å²) in [7, 11) is 0. The molecule has 0 amide bonds. The van der Waals surface area contributed by atoms with Crippen molar-refractivity contribution < 1.29 is 252 Å². The molecule has 10 unspecified atom stereocenters. The maximum Gasteiger partial charge on any atom is 0.330 e. The highest BCUT2D eigenvalue weighted by Gasteiger charge is 2.38. The fourth-order valence-electron chi connectivity index (χ4n) is 8.96. The van der Waals surface area contributed by atoms with E-state index in [2.05, 4.69) is 111 Å². The number of hydrogen-bond acceptors (Lipinski definition) is 52. The Labute approximate surface area is 856 Å². The zero-order valence-corrected chi connectivity index (χ0v) is 83.1. The van der Waals surface area contributed by atoms with Gasteiger partial charge in [-0.05, 0) is 6.42 Å². The topological polar surface area (TPSA) is 730 Å². The third kappa shape index (κ3) is 84.6. The van der Waals surface area contributed by atoms with Crippen LogP contribution in [0.4, 0.5) is 0 Å². The van der Waals surface area contributed by atoms with Crippen LogP contribution < -0.4 is 0 Å². The van der Waals surface area contributed by atoms with Gasteiger partial charge >= 0.3 is 89.5 Å². The molecule has 0 aliphatic rings. The van der Waals surface area contributed by atoms with E-state index in [-0.39, 0.29) is 224 Å². The number of aliphatic hydroxyl groups excluding tert-OH is 12. The van der Waals surface area contributed by atoms with Gasteiger partial charge in [0.15, 0.2) is 0 Å². The maximum atomic E-state index is 11.3. The highest BCUT2D eigenvalue weighted by Crippen LogP contribution is 2.24. The Kier molecular flexibility index (Phi) is 89.4. The molecule has 0 radical (unpaired) electrons. The zero-order valence-electron chi connectivity index (χ0n) is 83.1. The molecule has 0 aromatic carbocycles. The van der Waals surface area contributed by atoms with Crippen molar-refractivity contribution >= 4 is 89.5 Å². The van der Waals surface area contributed by atoms with Crippen molar-refractivity contribution in [2.75, 3.05) is 225 Å². The van der Waals surface area contributed by atoms with Crippen molar-refractivity contribution in [1.82, 2.24) is 0 Å². The molecule has 840 valence electrons. The van der Waals surface area contributed by atoms with Crippen molar-refractivity contribution in [1.29, 1.82) is 0 Å². The number of rotatable bonds is 85. The molecule has 0 aliphatic heterocycles. The van der Waals surface area contributed by atoms with E-state index in [1.54, 1.807) is 13.8 Å². The summed E-state index contributed by atoms with van der Waals surface area (Å²) in [5.74, 6) is -10.3. The van der Waals surface area contributed by atoms with Crippen molar-refractivity contribution in [3.63, 3.8) is 0 Å². The molecule has 52 nitrogen and oxygen atoms in total. The lowest BCUT2D eigenvalue weighted by molar-refractivity contribution is -0.172. The molecular formula is C96H144O52. The molecule has 0 heterocycles. The van der Waals surface area contributed by atoms with Crippen LogP contribution in [-0.2, 0) is 190 Å². The van der Waals surface area contributed by atoms with Crippen LogP contribution in [-0.4, -0.2) is 454 Å². The first-order valence-corrected chi connectivity index (χ1v) is 44.5. The van der Waals surface area contributed by atoms with Crippen LogP contribution in [0, 0.1) is 10.8 Å². The van der Waals surface area contributed by atoms with E-state index in [1.165, 1.54) is 0 Å². The predicted molar refractivity (Wildman–Crippen MR) is 511 cm³/mol. The molecule has 0 spiro atoms. The van der Waals surface area contributed by atoms with Gasteiger partial charge in [-0.25, -0.2) is 67.1 Å². The fourth-order valence-corrected chi connectivity index (χ4v) is 8.96. The summed E-state index contributed by atoms with van der Waals surface area (Å²) in [6, 6.07) is 0. The minimum atomic E-state index is -1.23. The molecule has 0 saturated carbocycles. The summed E-state index contributed by atoms with van der Waals surface area (Å²) in [6.45, 7) is 39.7. The van der Waals surface area contributed by atoms with Gasteiger partial charge in [-0.1, -0.05) is 106 Å². The molecule has 0 aromatic heterocycles. The third-order valence-electron chi connectivity index (χ3n) is 16.8. The van der Waals surface area contributed by atoms with E-state index < -0.39 is 186 Å². The highest BCUT2D eigenvalue weighted by atomic mass is 16.6. The summed E-state index contributed by atoms with van der Waals surface area (Å²) in [5, 5.41) is 118. The highest BCUT2D eigenvalue weighted by molar-refractivity contribution is 5.86. The smallest absolute Gasteiger partial charge is 0.330 e. The SMILES string of the molecule is C=CC(=O)OCC(CO)(COC(=O)C=C)COC(=O)CC.C=CC(=O)OCC(O)COC(=O)C=C.C=CC(=O)OCC(O)COCC(CC)(COCC(O)COC(=O)C=C)OCC(O)COC(=O)C=C.C=CC(=O)OCC(O)COCC(COCC(O)COC(=O)C=C)(COCC(O)COC(=O)C=C)COCC(O)COC(=O)C=C.C=CC(=O)OCC(O)COCC(COCC(O)COC(=O)C=C)OCC(O)COC(=O)C=C. The van der Waals surface area contributed by atoms with Gasteiger partial charge in [-0.15, -0.1) is 0 Å². The molecule has 0 aliphatic carbocycles. The average molecular weight is 2130 g/mol. The summed E-state index contributed by atoms with van der Waals surface area (Å²) in [5.41, 5.74) is -3.59. The average Bonchev–Trinajstić information content (AvgIpc) is 0.866. The first-order chi connectivity index (χ1) is 70.2. The van der Waals surface area contributed by atoms with Crippen LogP contribution in [0.1, 0.15) is 26.7 Å². The van der Waals surface area contributed by atoms with Gasteiger partial charge in [-0.2, -0.15) is 0 Å². The van der Waals surface area contributed by atoms with E-state index in [0.29, 0.717) is 6.42 Å². The first-order valence-electron chi connectivity index (χ1n) is 44.5. The van der Waals surface area contributed by atoms with Gasteiger partial charge < -0.3 is 180 Å². The lowest BCUT2D eigenvalue weighted by atomic mass is 9.92. The van der Waals surface area contributed by atoms with E-state index >= 15 is 0 Å². The normalized spacial score (nSPS) is 13.6. The standard InChI is InChI=1S/C29H44O16.C23H36O12.C21H32O12.C14H20O7.C9H12O5/c1-5-25(34)42-13-21(30)9-38-17-29(18-39-10-22(31)14-43-26(35)6-2,19-40-11-23(32)15-44-27(36)7-3)20-41-12-24(33)16-45-28(37)8-4;1-5-20(27)32-11-17(24)9-30-15-23(8-4,35-14-19(26)13-34-22(29)7-3)16-31-10-18(25)12-33-21(28)6-2;1-4-19(25)31-10-15(22)7-28-13-18(30-9-17(24)12-33-21(27)6-3)14-29-8-16(23)11-32-20(26)5-2;1-4-11(16)19-8-14(7-15,9-20-12(17)5-2)10-21-13(18)6-3;1-3-8(11)13-5-7(10)6-14-9(12)4-2/h5-8,21-24,30-33H,1-4,9-20H2;5-7,17-19,24-26H,1-3,8-16H2,4H3;4-6,15-18,22-24H,1-3,7-14H2;4-5,15H,1-2,6-10H2,3H3;3-4,7,10H,1-2,5-6H2. The second-order valence-corrected chi connectivity index (χ2v) is 30.0. The van der Waals surface area contributed by atoms with Gasteiger partial charge in [0, 0.05) is 91.5 Å². The van der Waals surface area contributed by atoms with Crippen LogP contribution in [0.5, 0.6) is 0 Å². The second-order valence-electron chi connectivity index (χ2n) is 30.0. The van der Waals surface area contributed by atoms with Crippen molar-refractivity contribution in [2.45, 2.75) is 106 Å². The minimum absolute atomic E-state index is 0.0901. The number of ether oxygens (including phenoxy) is 25. The molecule has 12 N–H and O–H groups in total. The van der Waals surface area contributed by atoms with Crippen LogP contribution >= 0.6 is 0 Å². The van der Waals surface area contributed by atoms with Crippen LogP contribution in [0.3, 0.4) is 0 Å². The molecule has 0 saturated heterocycles. The Morgan fingerprint density at radius 2 is 0.385 bits per heavy atom. The molecule has 10 atom stereocenters. The predicted octanol–water partition coefficient (Wildman–Crippen LogP) is -3.29. The molecule has 148 heavy (non-hydrogen) atoms. The van der Waals surface area contributed by atoms with E-state index in [1.807, 2.05) is 0 Å². The second kappa shape index (κ2) is 91.9. The number of hydrogen-bond donors (Lipinski definition) is 12. The number of carbonyl (C=O) groups is 15. The first kappa shape index (κ1) is 144. The van der Waals surface area contributed by atoms with E-state index in [9.17, 15) is 128 Å². The van der Waals surface area contributed by atoms with E-state index in [0.717, 1.165) is 85.1 Å².